The van der Waals surface area contributed by atoms with E-state index in [0.717, 1.165) is 0 Å². The molecule has 0 aliphatic carbocycles. The second-order valence-electron chi connectivity index (χ2n) is 8.86. The lowest BCUT2D eigenvalue weighted by molar-refractivity contribution is 1.43. The molecule has 5 aromatic carbocycles. The maximum atomic E-state index is 2.40. The summed E-state index contributed by atoms with van der Waals surface area (Å²) in [6.45, 7) is 0. The van der Waals surface area contributed by atoms with Crippen molar-refractivity contribution in [3.8, 4) is 44.5 Å². The van der Waals surface area contributed by atoms with Gasteiger partial charge in [-0.25, -0.2) is 0 Å². The van der Waals surface area contributed by atoms with Gasteiger partial charge in [-0.3, -0.25) is 0 Å². The molecule has 0 saturated heterocycles. The number of thioether (sulfide) groups is 4. The Morgan fingerprint density at radius 2 is 0.474 bits per heavy atom. The molecule has 0 spiro atoms. The summed E-state index contributed by atoms with van der Waals surface area (Å²) >= 11 is 7.11. The van der Waals surface area contributed by atoms with Crippen molar-refractivity contribution in [1.82, 2.24) is 0 Å². The van der Waals surface area contributed by atoms with Crippen LogP contribution in [0.4, 0.5) is 0 Å². The average Bonchev–Trinajstić information content (AvgIpc) is 3.00. The lowest BCUT2D eigenvalue weighted by Gasteiger charge is -2.19. The van der Waals surface area contributed by atoms with Gasteiger partial charge in [0.15, 0.2) is 0 Å². The highest BCUT2D eigenvalue weighted by Crippen LogP contribution is 2.43. The molecule has 0 nitrogen and oxygen atoms in total. The van der Waals surface area contributed by atoms with Crippen molar-refractivity contribution in [2.24, 2.45) is 0 Å². The van der Waals surface area contributed by atoms with Crippen LogP contribution in [0.2, 0.25) is 0 Å². The van der Waals surface area contributed by atoms with Gasteiger partial charge in [0.1, 0.15) is 0 Å². The summed E-state index contributed by atoms with van der Waals surface area (Å²) in [4.78, 5) is 5.10. The molecule has 0 amide bonds. The monoisotopic (exact) mass is 566 g/mol. The van der Waals surface area contributed by atoms with Crippen molar-refractivity contribution in [1.29, 1.82) is 0 Å². The number of hydrogen-bond acceptors (Lipinski definition) is 4. The molecule has 0 bridgehead atoms. The Labute approximate surface area is 244 Å². The van der Waals surface area contributed by atoms with Gasteiger partial charge in [-0.05, 0) is 130 Å². The molecule has 5 aromatic rings. The zero-order valence-corrected chi connectivity index (χ0v) is 25.3. The Balaban J connectivity index is 1.78. The molecule has 0 radical (unpaired) electrons. The minimum atomic E-state index is 1.23. The molecule has 0 unspecified atom stereocenters. The summed E-state index contributed by atoms with van der Waals surface area (Å²) in [6, 6.07) is 40.7. The van der Waals surface area contributed by atoms with Gasteiger partial charge in [-0.15, -0.1) is 47.0 Å². The van der Waals surface area contributed by atoms with Gasteiger partial charge < -0.3 is 0 Å². The topological polar surface area (TPSA) is 0 Å². The SMILES string of the molecule is CSc1ccc(-c2cc(-c3ccc(SC)cc3)c(-c3ccc(SC)cc3)cc2-c2ccc(SC)cc2)cc1. The van der Waals surface area contributed by atoms with Crippen molar-refractivity contribution in [3.63, 3.8) is 0 Å². The standard InChI is InChI=1S/C34H30S4/c1-35-27-13-5-23(6-14-27)31-21-33(25-9-17-29(37-3)18-10-25)34(26-11-19-30(38-4)20-12-26)22-32(31)24-7-15-28(36-2)16-8-24/h5-22H,1-4H3. The van der Waals surface area contributed by atoms with E-state index in [1.807, 2.05) is 0 Å². The quantitative estimate of drug-likeness (QED) is 0.171. The number of rotatable bonds is 8. The third-order valence-electron chi connectivity index (χ3n) is 6.76. The van der Waals surface area contributed by atoms with E-state index in [-0.39, 0.29) is 0 Å². The predicted octanol–water partition coefficient (Wildman–Crippen LogP) is 11.2. The van der Waals surface area contributed by atoms with Crippen molar-refractivity contribution in [3.05, 3.63) is 109 Å². The van der Waals surface area contributed by atoms with E-state index in [2.05, 4.69) is 134 Å². The smallest absolute Gasteiger partial charge is 0.00695 e. The fourth-order valence-corrected chi connectivity index (χ4v) is 6.27. The van der Waals surface area contributed by atoms with Crippen LogP contribution in [0.3, 0.4) is 0 Å². The predicted molar refractivity (Wildman–Crippen MR) is 175 cm³/mol. The van der Waals surface area contributed by atoms with Crippen LogP contribution in [0.1, 0.15) is 0 Å². The first-order valence-electron chi connectivity index (χ1n) is 12.4. The highest BCUT2D eigenvalue weighted by atomic mass is 32.2. The van der Waals surface area contributed by atoms with Gasteiger partial charge in [0.2, 0.25) is 0 Å². The molecule has 0 aliphatic rings. The molecule has 0 fully saturated rings. The maximum Gasteiger partial charge on any atom is 0.00695 e. The molecule has 5 rings (SSSR count). The van der Waals surface area contributed by atoms with Crippen molar-refractivity contribution >= 4 is 47.0 Å². The molecule has 190 valence electrons. The molecular formula is C34H30S4. The second kappa shape index (κ2) is 12.6. The van der Waals surface area contributed by atoms with Crippen LogP contribution in [0, 0.1) is 0 Å². The normalized spacial score (nSPS) is 11.1. The first kappa shape index (κ1) is 27.1. The number of benzene rings is 5. The molecule has 0 aliphatic heterocycles. The van der Waals surface area contributed by atoms with Crippen molar-refractivity contribution in [2.75, 3.05) is 25.0 Å². The van der Waals surface area contributed by atoms with Crippen LogP contribution in [0.15, 0.2) is 129 Å². The summed E-state index contributed by atoms with van der Waals surface area (Å²) in [6.07, 6.45) is 8.50. The van der Waals surface area contributed by atoms with E-state index < -0.39 is 0 Å². The summed E-state index contributed by atoms with van der Waals surface area (Å²) in [7, 11) is 0. The maximum absolute atomic E-state index is 2.40. The van der Waals surface area contributed by atoms with Crippen LogP contribution < -0.4 is 0 Å². The number of hydrogen-bond donors (Lipinski definition) is 0. The van der Waals surface area contributed by atoms with E-state index in [1.54, 1.807) is 47.0 Å². The summed E-state index contributed by atoms with van der Waals surface area (Å²) in [5.41, 5.74) is 9.95. The lowest BCUT2D eigenvalue weighted by atomic mass is 9.85. The highest BCUT2D eigenvalue weighted by molar-refractivity contribution is 7.99. The van der Waals surface area contributed by atoms with Crippen molar-refractivity contribution < 1.29 is 0 Å². The summed E-state index contributed by atoms with van der Waals surface area (Å²) < 4.78 is 0. The molecule has 0 aromatic heterocycles. The molecule has 0 N–H and O–H groups in total. The summed E-state index contributed by atoms with van der Waals surface area (Å²) in [5.74, 6) is 0. The first-order chi connectivity index (χ1) is 18.6. The Kier molecular flexibility index (Phi) is 8.96. The molecule has 0 heterocycles. The van der Waals surface area contributed by atoms with Gasteiger partial charge in [0, 0.05) is 19.6 Å². The zero-order valence-electron chi connectivity index (χ0n) is 22.0. The van der Waals surface area contributed by atoms with Gasteiger partial charge in [-0.2, -0.15) is 0 Å². The van der Waals surface area contributed by atoms with E-state index in [4.69, 9.17) is 0 Å². The third kappa shape index (κ3) is 5.89. The Morgan fingerprint density at radius 1 is 0.289 bits per heavy atom. The average molecular weight is 567 g/mol. The van der Waals surface area contributed by atoms with E-state index >= 15 is 0 Å². The molecule has 4 heteroatoms. The minimum absolute atomic E-state index is 1.23. The summed E-state index contributed by atoms with van der Waals surface area (Å²) in [5, 5.41) is 0. The van der Waals surface area contributed by atoms with E-state index in [0.29, 0.717) is 0 Å². The van der Waals surface area contributed by atoms with Crippen LogP contribution in [0.5, 0.6) is 0 Å². The Morgan fingerprint density at radius 3 is 0.632 bits per heavy atom. The van der Waals surface area contributed by atoms with Crippen LogP contribution in [0.25, 0.3) is 44.5 Å². The Bertz CT molecular complexity index is 1270. The minimum Gasteiger partial charge on any atom is -0.130 e. The molecular weight excluding hydrogens is 537 g/mol. The molecule has 0 atom stereocenters. The lowest BCUT2D eigenvalue weighted by Crippen LogP contribution is -1.93. The van der Waals surface area contributed by atoms with Gasteiger partial charge in [0.05, 0.1) is 0 Å². The Hall–Kier alpha value is -2.50. The van der Waals surface area contributed by atoms with E-state index in [1.165, 1.54) is 64.1 Å². The van der Waals surface area contributed by atoms with Crippen LogP contribution in [-0.4, -0.2) is 25.0 Å². The van der Waals surface area contributed by atoms with Gasteiger partial charge in [-0.1, -0.05) is 48.5 Å². The first-order valence-corrected chi connectivity index (χ1v) is 17.3. The highest BCUT2D eigenvalue weighted by Gasteiger charge is 2.16. The van der Waals surface area contributed by atoms with Crippen molar-refractivity contribution in [2.45, 2.75) is 19.6 Å². The van der Waals surface area contributed by atoms with Crippen LogP contribution in [-0.2, 0) is 0 Å². The fourth-order valence-electron chi connectivity index (χ4n) is 4.64. The van der Waals surface area contributed by atoms with Crippen LogP contribution >= 0.6 is 47.0 Å². The second-order valence-corrected chi connectivity index (χ2v) is 12.4. The molecule has 0 saturated carbocycles. The van der Waals surface area contributed by atoms with E-state index in [9.17, 15) is 0 Å². The fraction of sp³-hybridized carbons (Fsp3) is 0.118. The largest absolute Gasteiger partial charge is 0.130 e. The third-order valence-corrected chi connectivity index (χ3v) is 9.74. The van der Waals surface area contributed by atoms with Gasteiger partial charge in [0.25, 0.3) is 0 Å². The molecule has 38 heavy (non-hydrogen) atoms. The zero-order chi connectivity index (χ0) is 26.5. The van der Waals surface area contributed by atoms with Gasteiger partial charge >= 0.3 is 0 Å².